The van der Waals surface area contributed by atoms with Crippen LogP contribution in [0.1, 0.15) is 35.7 Å². The summed E-state index contributed by atoms with van der Waals surface area (Å²) < 4.78 is 45.1. The molecular weight excluding hydrogens is 337 g/mol. The number of alkyl halides is 3. The molecule has 0 aliphatic carbocycles. The van der Waals surface area contributed by atoms with Crippen LogP contribution in [0.25, 0.3) is 0 Å². The number of ether oxygens (including phenoxy) is 1. The van der Waals surface area contributed by atoms with E-state index in [4.69, 9.17) is 4.74 Å². The highest BCUT2D eigenvalue weighted by Crippen LogP contribution is 2.33. The maximum absolute atomic E-state index is 13.4. The molecule has 1 aliphatic heterocycles. The highest BCUT2D eigenvalue weighted by Gasteiger charge is 2.48. The molecule has 0 spiro atoms. The molecule has 1 fully saturated rings. The Morgan fingerprint density at radius 3 is 2.64 bits per heavy atom. The molecule has 1 saturated heterocycles. The van der Waals surface area contributed by atoms with Gasteiger partial charge in [0.25, 0.3) is 5.91 Å². The van der Waals surface area contributed by atoms with Crippen molar-refractivity contribution in [3.05, 3.63) is 35.4 Å². The van der Waals surface area contributed by atoms with Gasteiger partial charge in [-0.1, -0.05) is 12.1 Å². The fraction of sp³-hybridized carbons (Fsp3) is 0.529. The minimum Gasteiger partial charge on any atom is -0.380 e. The molecule has 2 amide bonds. The van der Waals surface area contributed by atoms with Crippen LogP contribution in [0, 0.1) is 0 Å². The first kappa shape index (κ1) is 19.2. The first-order valence-corrected chi connectivity index (χ1v) is 7.95. The summed E-state index contributed by atoms with van der Waals surface area (Å²) in [6, 6.07) is 4.02. The minimum absolute atomic E-state index is 0.170. The Morgan fingerprint density at radius 1 is 1.32 bits per heavy atom. The van der Waals surface area contributed by atoms with E-state index in [1.807, 2.05) is 0 Å². The summed E-state index contributed by atoms with van der Waals surface area (Å²) in [5, 5.41) is 2.60. The average molecular weight is 358 g/mol. The van der Waals surface area contributed by atoms with Crippen molar-refractivity contribution in [2.75, 3.05) is 13.7 Å². The standard InChI is InChI=1S/C17H21F3N2O3/c1-11(23)21-14-6-7-15(17(18,19)20)22(9-14)16(24)13-5-3-4-12(8-13)10-25-2/h3-5,8,14-15H,6-7,9-10H2,1-2H3,(H,21,23)/t14-,15+/m1/s1. The van der Waals surface area contributed by atoms with E-state index in [1.165, 1.54) is 26.2 Å². The predicted octanol–water partition coefficient (Wildman–Crippen LogP) is 2.50. The molecular formula is C17H21F3N2O3. The van der Waals surface area contributed by atoms with E-state index in [-0.39, 0.29) is 37.5 Å². The number of carbonyl (C=O) groups is 2. The molecule has 0 saturated carbocycles. The fourth-order valence-corrected chi connectivity index (χ4v) is 3.07. The Labute approximate surface area is 144 Å². The van der Waals surface area contributed by atoms with Crippen molar-refractivity contribution < 1.29 is 27.5 Å². The number of benzene rings is 1. The van der Waals surface area contributed by atoms with E-state index < -0.39 is 24.2 Å². The van der Waals surface area contributed by atoms with Crippen LogP contribution in [0.15, 0.2) is 24.3 Å². The molecule has 0 bridgehead atoms. The average Bonchev–Trinajstić information content (AvgIpc) is 2.53. The van der Waals surface area contributed by atoms with Crippen LogP contribution in [0.4, 0.5) is 13.2 Å². The summed E-state index contributed by atoms with van der Waals surface area (Å²) in [5.41, 5.74) is 0.875. The summed E-state index contributed by atoms with van der Waals surface area (Å²) in [5.74, 6) is -1.03. The number of hydrogen-bond acceptors (Lipinski definition) is 3. The zero-order valence-corrected chi connectivity index (χ0v) is 14.1. The monoisotopic (exact) mass is 358 g/mol. The molecule has 2 atom stereocenters. The van der Waals surface area contributed by atoms with Gasteiger partial charge < -0.3 is 15.0 Å². The number of piperidine rings is 1. The van der Waals surface area contributed by atoms with Crippen molar-refractivity contribution in [2.24, 2.45) is 0 Å². The van der Waals surface area contributed by atoms with Gasteiger partial charge in [-0.25, -0.2) is 0 Å². The normalized spacial score (nSPS) is 21.1. The molecule has 138 valence electrons. The number of carbonyl (C=O) groups excluding carboxylic acids is 2. The van der Waals surface area contributed by atoms with E-state index in [1.54, 1.807) is 12.1 Å². The lowest BCUT2D eigenvalue weighted by Crippen LogP contribution is -2.58. The van der Waals surface area contributed by atoms with Crippen molar-refractivity contribution in [1.82, 2.24) is 10.2 Å². The third-order valence-corrected chi connectivity index (χ3v) is 4.11. The van der Waals surface area contributed by atoms with Gasteiger partial charge in [0.05, 0.1) is 6.61 Å². The minimum atomic E-state index is -4.51. The quantitative estimate of drug-likeness (QED) is 0.900. The molecule has 0 unspecified atom stereocenters. The van der Waals surface area contributed by atoms with E-state index >= 15 is 0 Å². The Bertz CT molecular complexity index is 634. The van der Waals surface area contributed by atoms with Gasteiger partial charge >= 0.3 is 6.18 Å². The van der Waals surface area contributed by atoms with Crippen LogP contribution in [-0.4, -0.2) is 48.6 Å². The molecule has 0 radical (unpaired) electrons. The molecule has 1 aliphatic rings. The van der Waals surface area contributed by atoms with Gasteiger partial charge in [-0.2, -0.15) is 13.2 Å². The van der Waals surface area contributed by atoms with E-state index in [9.17, 15) is 22.8 Å². The second kappa shape index (κ2) is 7.86. The molecule has 0 aromatic heterocycles. The van der Waals surface area contributed by atoms with Crippen molar-refractivity contribution >= 4 is 11.8 Å². The maximum atomic E-state index is 13.4. The van der Waals surface area contributed by atoms with Crippen molar-refractivity contribution in [1.29, 1.82) is 0 Å². The van der Waals surface area contributed by atoms with Gasteiger partial charge in [-0.3, -0.25) is 9.59 Å². The molecule has 5 nitrogen and oxygen atoms in total. The van der Waals surface area contributed by atoms with Crippen LogP contribution in [0.3, 0.4) is 0 Å². The van der Waals surface area contributed by atoms with Crippen LogP contribution >= 0.6 is 0 Å². The van der Waals surface area contributed by atoms with E-state index in [0.29, 0.717) is 5.56 Å². The summed E-state index contributed by atoms with van der Waals surface area (Å²) in [7, 11) is 1.50. The lowest BCUT2D eigenvalue weighted by Gasteiger charge is -2.40. The Morgan fingerprint density at radius 2 is 2.04 bits per heavy atom. The van der Waals surface area contributed by atoms with Gasteiger partial charge in [-0.15, -0.1) is 0 Å². The second-order valence-corrected chi connectivity index (χ2v) is 6.12. The van der Waals surface area contributed by atoms with Gasteiger partial charge in [0.15, 0.2) is 0 Å². The predicted molar refractivity (Wildman–Crippen MR) is 84.9 cm³/mol. The molecule has 1 aromatic rings. The molecule has 1 heterocycles. The summed E-state index contributed by atoms with van der Waals surface area (Å²) in [4.78, 5) is 24.7. The first-order valence-electron chi connectivity index (χ1n) is 7.95. The van der Waals surface area contributed by atoms with Gasteiger partial charge in [0.2, 0.25) is 5.91 Å². The molecule has 1 N–H and O–H groups in total. The number of hydrogen-bond donors (Lipinski definition) is 1. The third-order valence-electron chi connectivity index (χ3n) is 4.11. The van der Waals surface area contributed by atoms with Gasteiger partial charge in [0, 0.05) is 32.2 Å². The largest absolute Gasteiger partial charge is 0.408 e. The van der Waals surface area contributed by atoms with E-state index in [2.05, 4.69) is 5.32 Å². The number of methoxy groups -OCH3 is 1. The summed E-state index contributed by atoms with van der Waals surface area (Å²) in [6.07, 6.45) is -4.57. The van der Waals surface area contributed by atoms with Gasteiger partial charge in [-0.05, 0) is 30.5 Å². The zero-order chi connectivity index (χ0) is 18.6. The highest BCUT2D eigenvalue weighted by molar-refractivity contribution is 5.94. The molecule has 2 rings (SSSR count). The van der Waals surface area contributed by atoms with Crippen LogP contribution < -0.4 is 5.32 Å². The number of nitrogens with zero attached hydrogens (tertiary/aromatic N) is 1. The number of likely N-dealkylation sites (tertiary alicyclic amines) is 1. The maximum Gasteiger partial charge on any atom is 0.408 e. The second-order valence-electron chi connectivity index (χ2n) is 6.12. The molecule has 1 aromatic carbocycles. The van der Waals surface area contributed by atoms with Crippen molar-refractivity contribution in [2.45, 2.75) is 44.6 Å². The van der Waals surface area contributed by atoms with Gasteiger partial charge in [0.1, 0.15) is 6.04 Å². The number of rotatable bonds is 4. The zero-order valence-electron chi connectivity index (χ0n) is 14.1. The van der Waals surface area contributed by atoms with Crippen LogP contribution in [0.5, 0.6) is 0 Å². The number of nitrogens with one attached hydrogen (secondary N) is 1. The fourth-order valence-electron chi connectivity index (χ4n) is 3.07. The Kier molecular flexibility index (Phi) is 6.05. The SMILES string of the molecule is COCc1cccc(C(=O)N2C[C@H](NC(C)=O)CC[C@H]2C(F)(F)F)c1. The van der Waals surface area contributed by atoms with Crippen LogP contribution in [-0.2, 0) is 16.1 Å². The summed E-state index contributed by atoms with van der Waals surface area (Å²) in [6.45, 7) is 1.39. The molecule has 8 heteroatoms. The number of amides is 2. The third kappa shape index (κ3) is 4.94. The number of halogens is 3. The molecule has 25 heavy (non-hydrogen) atoms. The summed E-state index contributed by atoms with van der Waals surface area (Å²) >= 11 is 0. The Hall–Kier alpha value is -2.09. The van der Waals surface area contributed by atoms with E-state index in [0.717, 1.165) is 4.90 Å². The van der Waals surface area contributed by atoms with Crippen molar-refractivity contribution in [3.8, 4) is 0 Å². The Balaban J connectivity index is 2.26. The first-order chi connectivity index (χ1) is 11.7. The lowest BCUT2D eigenvalue weighted by atomic mass is 9.96. The smallest absolute Gasteiger partial charge is 0.380 e. The van der Waals surface area contributed by atoms with Crippen molar-refractivity contribution in [3.63, 3.8) is 0 Å². The highest BCUT2D eigenvalue weighted by atomic mass is 19.4. The lowest BCUT2D eigenvalue weighted by molar-refractivity contribution is -0.184. The topological polar surface area (TPSA) is 58.6 Å². The van der Waals surface area contributed by atoms with Crippen LogP contribution in [0.2, 0.25) is 0 Å².